The van der Waals surface area contributed by atoms with Gasteiger partial charge in [-0.15, -0.1) is 0 Å². The van der Waals surface area contributed by atoms with Crippen molar-refractivity contribution in [1.29, 1.82) is 0 Å². The Labute approximate surface area is 194 Å². The number of aliphatic hydroxyl groups is 1. The number of hydrogen-bond donors (Lipinski definition) is 3. The van der Waals surface area contributed by atoms with Gasteiger partial charge in [-0.1, -0.05) is 45.0 Å². The van der Waals surface area contributed by atoms with Crippen LogP contribution in [-0.2, 0) is 16.6 Å². The minimum absolute atomic E-state index is 0.129. The molecule has 0 saturated carbocycles. The van der Waals surface area contributed by atoms with Crippen molar-refractivity contribution in [2.45, 2.75) is 58.3 Å². The maximum Gasteiger partial charge on any atom is 0.243 e. The summed E-state index contributed by atoms with van der Waals surface area (Å²) < 4.78 is 15.5. The van der Waals surface area contributed by atoms with Gasteiger partial charge in [0.15, 0.2) is 5.82 Å². The molecular weight excluding hydrogens is 425 g/mol. The zero-order chi connectivity index (χ0) is 24.5. The normalized spacial score (nSPS) is 20.5. The molecular formula is C24H34FN5O3. The number of carbonyl (C=O) groups excluding carboxylic acids is 2. The van der Waals surface area contributed by atoms with Crippen LogP contribution in [0.5, 0.6) is 0 Å². The third kappa shape index (κ3) is 5.25. The first-order valence-electron chi connectivity index (χ1n) is 11.2. The van der Waals surface area contributed by atoms with Gasteiger partial charge >= 0.3 is 0 Å². The van der Waals surface area contributed by atoms with Crippen molar-refractivity contribution in [2.75, 3.05) is 13.6 Å². The van der Waals surface area contributed by atoms with E-state index in [1.54, 1.807) is 26.2 Å². The Hall–Kier alpha value is -2.78. The zero-order valence-electron chi connectivity index (χ0n) is 20.1. The number of likely N-dealkylation sites (tertiary alicyclic amines) is 1. The molecule has 1 saturated heterocycles. The smallest absolute Gasteiger partial charge is 0.243 e. The maximum absolute atomic E-state index is 14.0. The van der Waals surface area contributed by atoms with Gasteiger partial charge in [0.2, 0.25) is 11.8 Å². The van der Waals surface area contributed by atoms with Crippen LogP contribution in [0.3, 0.4) is 0 Å². The lowest BCUT2D eigenvalue weighted by Gasteiger charge is -2.34. The average molecular weight is 460 g/mol. The molecule has 1 fully saturated rings. The van der Waals surface area contributed by atoms with Crippen LogP contribution in [0.15, 0.2) is 30.5 Å². The number of hydrogen-bond acceptors (Lipinski definition) is 5. The lowest BCUT2D eigenvalue weighted by molar-refractivity contribution is -0.142. The summed E-state index contributed by atoms with van der Waals surface area (Å²) in [4.78, 5) is 27.8. The third-order valence-corrected chi connectivity index (χ3v) is 6.20. The molecule has 4 atom stereocenters. The summed E-state index contributed by atoms with van der Waals surface area (Å²) in [6.07, 6.45) is 0.627. The van der Waals surface area contributed by atoms with E-state index in [4.69, 9.17) is 0 Å². The van der Waals surface area contributed by atoms with Crippen molar-refractivity contribution in [3.8, 4) is 11.3 Å². The van der Waals surface area contributed by atoms with Crippen LogP contribution < -0.4 is 10.6 Å². The van der Waals surface area contributed by atoms with E-state index in [-0.39, 0.29) is 36.2 Å². The average Bonchev–Trinajstić information content (AvgIpc) is 3.29. The van der Waals surface area contributed by atoms with Crippen molar-refractivity contribution in [1.82, 2.24) is 25.3 Å². The zero-order valence-corrected chi connectivity index (χ0v) is 20.1. The molecule has 2 amide bonds. The third-order valence-electron chi connectivity index (χ3n) is 6.20. The van der Waals surface area contributed by atoms with Crippen molar-refractivity contribution < 1.29 is 19.1 Å². The van der Waals surface area contributed by atoms with Crippen LogP contribution in [0.2, 0.25) is 0 Å². The van der Waals surface area contributed by atoms with Crippen LogP contribution in [-0.4, -0.2) is 63.4 Å². The van der Waals surface area contributed by atoms with E-state index in [9.17, 15) is 19.1 Å². The Morgan fingerprint density at radius 3 is 2.39 bits per heavy atom. The molecule has 2 aromatic rings. The lowest BCUT2D eigenvalue weighted by atomic mass is 9.86. The molecule has 9 heteroatoms. The first kappa shape index (κ1) is 24.9. The summed E-state index contributed by atoms with van der Waals surface area (Å²) in [6, 6.07) is 5.68. The highest BCUT2D eigenvalue weighted by Gasteiger charge is 2.43. The number of aryl methyl sites for hydroxylation is 1. The molecule has 33 heavy (non-hydrogen) atoms. The summed E-state index contributed by atoms with van der Waals surface area (Å²) >= 11 is 0. The van der Waals surface area contributed by atoms with Crippen molar-refractivity contribution >= 4 is 11.8 Å². The number of halogens is 1. The first-order valence-corrected chi connectivity index (χ1v) is 11.2. The number of aliphatic hydroxyl groups excluding tert-OH is 1. The standard InChI is InChI=1S/C24H34FN5O3/c1-14(15-7-9-16(10-8-15)20-18(25)12-27-29(20)6)28-22(32)19-11-17(31)13-30(19)23(33)21(26-5)24(2,3)4/h7-10,12,14,17,19,21,26,31H,11,13H2,1-6H3,(H,28,32)/t14-,17+,19-,21?/m0/s1. The van der Waals surface area contributed by atoms with Gasteiger partial charge in [0.05, 0.1) is 24.4 Å². The molecule has 8 nitrogen and oxygen atoms in total. The predicted molar refractivity (Wildman–Crippen MR) is 124 cm³/mol. The SMILES string of the molecule is CNC(C(=O)N1C[C@H](O)C[C@H]1C(=O)N[C@@H](C)c1ccc(-c2c(F)cnn2C)cc1)C(C)(C)C. The molecule has 1 aliphatic rings. The fraction of sp³-hybridized carbons (Fsp3) is 0.542. The summed E-state index contributed by atoms with van der Waals surface area (Å²) in [7, 11) is 3.40. The van der Waals surface area contributed by atoms with Crippen molar-refractivity contribution in [2.24, 2.45) is 12.5 Å². The summed E-state index contributed by atoms with van der Waals surface area (Å²) in [5, 5.41) is 20.1. The van der Waals surface area contributed by atoms with Gasteiger partial charge in [-0.25, -0.2) is 4.39 Å². The highest BCUT2D eigenvalue weighted by Crippen LogP contribution is 2.27. The van der Waals surface area contributed by atoms with Gasteiger partial charge < -0.3 is 20.6 Å². The highest BCUT2D eigenvalue weighted by atomic mass is 19.1. The number of β-amino-alcohol motifs (C(OH)–C–C–N with tert-alkyl or cyclic N) is 1. The van der Waals surface area contributed by atoms with E-state index in [2.05, 4.69) is 15.7 Å². The summed E-state index contributed by atoms with van der Waals surface area (Å²) in [5.41, 5.74) is 1.58. The fourth-order valence-electron chi connectivity index (χ4n) is 4.46. The van der Waals surface area contributed by atoms with E-state index in [1.165, 1.54) is 15.8 Å². The Morgan fingerprint density at radius 2 is 1.88 bits per heavy atom. The first-order chi connectivity index (χ1) is 15.4. The number of amides is 2. The number of rotatable bonds is 6. The van der Waals surface area contributed by atoms with Crippen molar-refractivity contribution in [3.63, 3.8) is 0 Å². The van der Waals surface area contributed by atoms with Gasteiger partial charge in [-0.3, -0.25) is 14.3 Å². The molecule has 1 aliphatic heterocycles. The molecule has 1 aromatic carbocycles. The highest BCUT2D eigenvalue weighted by molar-refractivity contribution is 5.91. The van der Waals surface area contributed by atoms with Crippen LogP contribution in [0.25, 0.3) is 11.3 Å². The van der Waals surface area contributed by atoms with Gasteiger partial charge in [-0.05, 0) is 24.9 Å². The largest absolute Gasteiger partial charge is 0.391 e. The molecule has 2 heterocycles. The Bertz CT molecular complexity index is 979. The number of nitrogens with one attached hydrogen (secondary N) is 2. The topological polar surface area (TPSA) is 99.5 Å². The van der Waals surface area contributed by atoms with E-state index < -0.39 is 24.0 Å². The molecule has 3 rings (SSSR count). The second-order valence-electron chi connectivity index (χ2n) is 9.80. The second-order valence-corrected chi connectivity index (χ2v) is 9.80. The molecule has 3 N–H and O–H groups in total. The molecule has 0 aliphatic carbocycles. The number of benzene rings is 1. The Morgan fingerprint density at radius 1 is 1.24 bits per heavy atom. The number of carbonyl (C=O) groups is 2. The lowest BCUT2D eigenvalue weighted by Crippen LogP contribution is -2.56. The van der Waals surface area contributed by atoms with Gasteiger partial charge in [-0.2, -0.15) is 5.10 Å². The minimum Gasteiger partial charge on any atom is -0.391 e. The van der Waals surface area contributed by atoms with Crippen LogP contribution >= 0.6 is 0 Å². The monoisotopic (exact) mass is 459 g/mol. The molecule has 1 aromatic heterocycles. The Balaban J connectivity index is 1.72. The number of likely N-dealkylation sites (N-methyl/N-ethyl adjacent to an activating group) is 1. The van der Waals surface area contributed by atoms with E-state index in [0.29, 0.717) is 11.3 Å². The number of nitrogens with zero attached hydrogens (tertiary/aromatic N) is 3. The van der Waals surface area contributed by atoms with E-state index in [1.807, 2.05) is 39.8 Å². The second kappa shape index (κ2) is 9.61. The molecule has 1 unspecified atom stereocenters. The van der Waals surface area contributed by atoms with E-state index in [0.717, 1.165) is 5.56 Å². The predicted octanol–water partition coefficient (Wildman–Crippen LogP) is 2.00. The molecule has 180 valence electrons. The summed E-state index contributed by atoms with van der Waals surface area (Å²) in [5.74, 6) is -0.902. The van der Waals surface area contributed by atoms with Crippen LogP contribution in [0, 0.1) is 11.2 Å². The Kier molecular flexibility index (Phi) is 7.23. The van der Waals surface area contributed by atoms with Gasteiger partial charge in [0.1, 0.15) is 11.7 Å². The van der Waals surface area contributed by atoms with Gasteiger partial charge in [0, 0.05) is 25.6 Å². The molecule has 0 spiro atoms. The number of aromatic nitrogens is 2. The minimum atomic E-state index is -0.745. The maximum atomic E-state index is 14.0. The van der Waals surface area contributed by atoms with Gasteiger partial charge in [0.25, 0.3) is 0 Å². The summed E-state index contributed by atoms with van der Waals surface area (Å²) in [6.45, 7) is 7.84. The van der Waals surface area contributed by atoms with E-state index >= 15 is 0 Å². The molecule has 0 bridgehead atoms. The molecule has 0 radical (unpaired) electrons. The van der Waals surface area contributed by atoms with Crippen LogP contribution in [0.1, 0.15) is 45.7 Å². The quantitative estimate of drug-likeness (QED) is 0.614. The van der Waals surface area contributed by atoms with Crippen LogP contribution in [0.4, 0.5) is 4.39 Å². The van der Waals surface area contributed by atoms with Crippen molar-refractivity contribution in [3.05, 3.63) is 41.8 Å². The fourth-order valence-corrected chi connectivity index (χ4v) is 4.46.